The smallest absolute Gasteiger partial charge is 0.101 e. The van der Waals surface area contributed by atoms with Crippen LogP contribution in [0.3, 0.4) is 0 Å². The van der Waals surface area contributed by atoms with Gasteiger partial charge in [-0.25, -0.2) is 0 Å². The molecule has 0 aromatic heterocycles. The Morgan fingerprint density at radius 2 is 2.19 bits per heavy atom. The van der Waals surface area contributed by atoms with Crippen molar-refractivity contribution in [1.29, 1.82) is 5.26 Å². The number of thioether (sulfide) groups is 1. The summed E-state index contributed by atoms with van der Waals surface area (Å²) in [5, 5.41) is 12.9. The highest BCUT2D eigenvalue weighted by atomic mass is 32.2. The SMILES string of the molecule is CN(c1ccc(CNC(C)(C)C)cc1C#N)C1CCSC1. The molecular weight excluding hydrogens is 278 g/mol. The number of hydrogen-bond acceptors (Lipinski definition) is 4. The summed E-state index contributed by atoms with van der Waals surface area (Å²) in [6, 6.07) is 9.17. The number of benzene rings is 1. The van der Waals surface area contributed by atoms with Crippen LogP contribution in [0, 0.1) is 11.3 Å². The van der Waals surface area contributed by atoms with Gasteiger partial charge in [-0.2, -0.15) is 17.0 Å². The van der Waals surface area contributed by atoms with E-state index in [1.54, 1.807) is 0 Å². The molecule has 0 aliphatic carbocycles. The molecule has 4 heteroatoms. The molecule has 1 fully saturated rings. The van der Waals surface area contributed by atoms with E-state index >= 15 is 0 Å². The van der Waals surface area contributed by atoms with Gasteiger partial charge < -0.3 is 10.2 Å². The number of anilines is 1. The van der Waals surface area contributed by atoms with Gasteiger partial charge in [0.25, 0.3) is 0 Å². The minimum atomic E-state index is 0.0866. The van der Waals surface area contributed by atoms with E-state index in [2.05, 4.69) is 56.2 Å². The Hall–Kier alpha value is -1.18. The average molecular weight is 303 g/mol. The predicted molar refractivity (Wildman–Crippen MR) is 91.9 cm³/mol. The standard InChI is InChI=1S/C17H25N3S/c1-17(2,3)19-11-13-5-6-16(14(9-13)10-18)20(4)15-7-8-21-12-15/h5-6,9,15,19H,7-8,11-12H2,1-4H3. The van der Waals surface area contributed by atoms with Crippen LogP contribution in [0.1, 0.15) is 38.3 Å². The Balaban J connectivity index is 2.14. The maximum atomic E-state index is 9.46. The highest BCUT2D eigenvalue weighted by molar-refractivity contribution is 7.99. The van der Waals surface area contributed by atoms with Crippen molar-refractivity contribution in [3.8, 4) is 6.07 Å². The number of hydrogen-bond donors (Lipinski definition) is 1. The second kappa shape index (κ2) is 6.72. The van der Waals surface area contributed by atoms with Crippen molar-refractivity contribution in [2.24, 2.45) is 0 Å². The van der Waals surface area contributed by atoms with Gasteiger partial charge in [0.2, 0.25) is 0 Å². The molecule has 1 saturated heterocycles. The van der Waals surface area contributed by atoms with Crippen molar-refractivity contribution in [1.82, 2.24) is 5.32 Å². The highest BCUT2D eigenvalue weighted by Crippen LogP contribution is 2.28. The van der Waals surface area contributed by atoms with Crippen LogP contribution in [-0.4, -0.2) is 30.1 Å². The van der Waals surface area contributed by atoms with E-state index in [0.29, 0.717) is 6.04 Å². The molecule has 3 nitrogen and oxygen atoms in total. The third-order valence-corrected chi connectivity index (χ3v) is 4.98. The molecule has 1 aromatic rings. The van der Waals surface area contributed by atoms with Crippen molar-refractivity contribution in [3.05, 3.63) is 29.3 Å². The first-order valence-electron chi connectivity index (χ1n) is 7.49. The third-order valence-electron chi connectivity index (χ3n) is 3.84. The fourth-order valence-corrected chi connectivity index (χ4v) is 3.75. The van der Waals surface area contributed by atoms with Crippen molar-refractivity contribution in [2.45, 2.75) is 45.3 Å². The zero-order valence-electron chi connectivity index (χ0n) is 13.4. The Morgan fingerprint density at radius 1 is 1.43 bits per heavy atom. The highest BCUT2D eigenvalue weighted by Gasteiger charge is 2.22. The van der Waals surface area contributed by atoms with E-state index in [9.17, 15) is 5.26 Å². The minimum absolute atomic E-state index is 0.0866. The van der Waals surface area contributed by atoms with Gasteiger partial charge >= 0.3 is 0 Å². The van der Waals surface area contributed by atoms with Crippen LogP contribution in [-0.2, 0) is 6.54 Å². The van der Waals surface area contributed by atoms with Gasteiger partial charge in [0.15, 0.2) is 0 Å². The minimum Gasteiger partial charge on any atom is -0.370 e. The molecule has 114 valence electrons. The Morgan fingerprint density at radius 3 is 2.76 bits per heavy atom. The molecule has 1 aliphatic heterocycles. The van der Waals surface area contributed by atoms with Gasteiger partial charge in [-0.1, -0.05) is 6.07 Å². The number of nitriles is 1. The predicted octanol–water partition coefficient (Wildman–Crippen LogP) is 3.39. The van der Waals surface area contributed by atoms with E-state index in [1.165, 1.54) is 17.7 Å². The first kappa shape index (κ1) is 16.2. The Kier molecular flexibility index (Phi) is 5.18. The summed E-state index contributed by atoms with van der Waals surface area (Å²) in [4.78, 5) is 2.28. The molecule has 1 N–H and O–H groups in total. The normalized spacial score (nSPS) is 18.5. The van der Waals surface area contributed by atoms with Crippen LogP contribution >= 0.6 is 11.8 Å². The second-order valence-corrected chi connectivity index (χ2v) is 7.85. The van der Waals surface area contributed by atoms with Gasteiger partial charge in [0.1, 0.15) is 6.07 Å². The molecular formula is C17H25N3S. The van der Waals surface area contributed by atoms with Crippen molar-refractivity contribution in [2.75, 3.05) is 23.5 Å². The summed E-state index contributed by atoms with van der Waals surface area (Å²) in [5.41, 5.74) is 3.09. The van der Waals surface area contributed by atoms with E-state index in [4.69, 9.17) is 0 Å². The van der Waals surface area contributed by atoms with Crippen molar-refractivity contribution in [3.63, 3.8) is 0 Å². The van der Waals surface area contributed by atoms with Crippen LogP contribution in [0.5, 0.6) is 0 Å². The lowest BCUT2D eigenvalue weighted by molar-refractivity contribution is 0.424. The topological polar surface area (TPSA) is 39.1 Å². The lowest BCUT2D eigenvalue weighted by Crippen LogP contribution is -2.35. The summed E-state index contributed by atoms with van der Waals surface area (Å²) in [6.07, 6.45) is 1.21. The average Bonchev–Trinajstić information content (AvgIpc) is 2.97. The fourth-order valence-electron chi connectivity index (χ4n) is 2.48. The summed E-state index contributed by atoms with van der Waals surface area (Å²) >= 11 is 2.00. The summed E-state index contributed by atoms with van der Waals surface area (Å²) in [6.45, 7) is 7.25. The Labute approximate surface area is 132 Å². The zero-order valence-corrected chi connectivity index (χ0v) is 14.3. The molecule has 21 heavy (non-hydrogen) atoms. The first-order chi connectivity index (χ1) is 9.90. The van der Waals surface area contributed by atoms with Crippen molar-refractivity contribution >= 4 is 17.4 Å². The monoisotopic (exact) mass is 303 g/mol. The molecule has 1 unspecified atom stereocenters. The summed E-state index contributed by atoms with van der Waals surface area (Å²) in [5.74, 6) is 2.39. The van der Waals surface area contributed by atoms with Gasteiger partial charge in [0, 0.05) is 30.9 Å². The summed E-state index contributed by atoms with van der Waals surface area (Å²) in [7, 11) is 2.11. The van der Waals surface area contributed by atoms with Crippen LogP contribution in [0.25, 0.3) is 0 Å². The maximum absolute atomic E-state index is 9.46. The van der Waals surface area contributed by atoms with Crippen LogP contribution < -0.4 is 10.2 Å². The van der Waals surface area contributed by atoms with Gasteiger partial charge in [-0.3, -0.25) is 0 Å². The largest absolute Gasteiger partial charge is 0.370 e. The van der Waals surface area contributed by atoms with E-state index in [0.717, 1.165) is 23.5 Å². The molecule has 0 radical (unpaired) electrons. The molecule has 0 spiro atoms. The summed E-state index contributed by atoms with van der Waals surface area (Å²) < 4.78 is 0. The molecule has 0 amide bonds. The molecule has 0 saturated carbocycles. The second-order valence-electron chi connectivity index (χ2n) is 6.70. The van der Waals surface area contributed by atoms with Gasteiger partial charge in [-0.15, -0.1) is 0 Å². The van der Waals surface area contributed by atoms with Crippen LogP contribution in [0.4, 0.5) is 5.69 Å². The number of nitrogens with one attached hydrogen (secondary N) is 1. The lowest BCUT2D eigenvalue weighted by Gasteiger charge is -2.27. The van der Waals surface area contributed by atoms with E-state index in [-0.39, 0.29) is 5.54 Å². The van der Waals surface area contributed by atoms with Crippen LogP contribution in [0.15, 0.2) is 18.2 Å². The zero-order chi connectivity index (χ0) is 15.5. The van der Waals surface area contributed by atoms with E-state index in [1.807, 2.05) is 17.8 Å². The molecule has 1 aliphatic rings. The number of nitrogens with zero attached hydrogens (tertiary/aromatic N) is 2. The van der Waals surface area contributed by atoms with E-state index < -0.39 is 0 Å². The molecule has 1 aromatic carbocycles. The first-order valence-corrected chi connectivity index (χ1v) is 8.65. The fraction of sp³-hybridized carbons (Fsp3) is 0.588. The molecule has 1 atom stereocenters. The molecule has 0 bridgehead atoms. The van der Waals surface area contributed by atoms with Crippen molar-refractivity contribution < 1.29 is 0 Å². The maximum Gasteiger partial charge on any atom is 0.101 e. The third kappa shape index (κ3) is 4.39. The van der Waals surface area contributed by atoms with Gasteiger partial charge in [-0.05, 0) is 50.6 Å². The van der Waals surface area contributed by atoms with Crippen LogP contribution in [0.2, 0.25) is 0 Å². The Bertz CT molecular complexity index is 522. The molecule has 2 rings (SSSR count). The molecule has 1 heterocycles. The lowest BCUT2D eigenvalue weighted by atomic mass is 10.0. The number of rotatable bonds is 4. The van der Waals surface area contributed by atoms with Gasteiger partial charge in [0.05, 0.1) is 11.3 Å². The quantitative estimate of drug-likeness (QED) is 0.925.